The molecule has 0 amide bonds. The molecule has 0 aromatic heterocycles. The van der Waals surface area contributed by atoms with E-state index in [1.165, 1.54) is 6.26 Å². The minimum Gasteiger partial charge on any atom is -0.494 e. The topological polar surface area (TPSA) is 35.5 Å². The number of hydrogen-bond acceptors (Lipinski definition) is 3. The maximum absolute atomic E-state index is 9.76. The fraction of sp³-hybridized carbons (Fsp3) is 0.625. The molecule has 0 heterocycles. The molecule has 0 radical (unpaired) electrons. The Hall–Kier alpha value is -0.830. The van der Waals surface area contributed by atoms with Gasteiger partial charge in [0.25, 0.3) is 0 Å². The highest BCUT2D eigenvalue weighted by atomic mass is 16.5. The van der Waals surface area contributed by atoms with Crippen LogP contribution in [0.3, 0.4) is 0 Å². The van der Waals surface area contributed by atoms with E-state index in [0.29, 0.717) is 12.9 Å². The summed E-state index contributed by atoms with van der Waals surface area (Å²) < 4.78 is 9.82. The summed E-state index contributed by atoms with van der Waals surface area (Å²) in [7, 11) is 0. The van der Waals surface area contributed by atoms with Crippen molar-refractivity contribution in [1.29, 1.82) is 0 Å². The van der Waals surface area contributed by atoms with E-state index in [1.807, 2.05) is 13.0 Å². The zero-order valence-corrected chi connectivity index (χ0v) is 6.79. The van der Waals surface area contributed by atoms with E-state index in [9.17, 15) is 4.79 Å². The van der Waals surface area contributed by atoms with Crippen molar-refractivity contribution in [2.24, 2.45) is 0 Å². The summed E-state index contributed by atoms with van der Waals surface area (Å²) in [6, 6.07) is 0. The van der Waals surface area contributed by atoms with Crippen molar-refractivity contribution in [3.8, 4) is 0 Å². The van der Waals surface area contributed by atoms with E-state index >= 15 is 0 Å². The fourth-order valence-corrected chi connectivity index (χ4v) is 0.527. The molecule has 0 aliphatic rings. The van der Waals surface area contributed by atoms with Gasteiger partial charge in [0, 0.05) is 6.61 Å². The number of hydrogen-bond donors (Lipinski definition) is 0. The maximum atomic E-state index is 9.76. The Morgan fingerprint density at radius 3 is 2.91 bits per heavy atom. The first-order chi connectivity index (χ1) is 5.41. The molecule has 0 atom stereocenters. The summed E-state index contributed by atoms with van der Waals surface area (Å²) in [5, 5.41) is 0. The zero-order chi connectivity index (χ0) is 8.36. The second-order valence-electron chi connectivity index (χ2n) is 1.86. The molecule has 0 aromatic rings. The number of carbonyl (C=O) groups excluding carboxylic acids is 1. The molecule has 0 fully saturated rings. The molecule has 0 unspecified atom stereocenters. The Bertz CT molecular complexity index is 110. The molecular formula is C8H14O3. The van der Waals surface area contributed by atoms with E-state index in [1.54, 1.807) is 0 Å². The van der Waals surface area contributed by atoms with Crippen molar-refractivity contribution < 1.29 is 14.3 Å². The van der Waals surface area contributed by atoms with Gasteiger partial charge in [-0.3, -0.25) is 4.79 Å². The highest BCUT2D eigenvalue weighted by Crippen LogP contribution is 1.85. The average Bonchev–Trinajstić information content (AvgIpc) is 2.03. The number of ether oxygens (including phenoxy) is 2. The van der Waals surface area contributed by atoms with Crippen molar-refractivity contribution in [2.45, 2.75) is 13.3 Å². The van der Waals surface area contributed by atoms with Crippen molar-refractivity contribution in [3.05, 3.63) is 12.3 Å². The molecular weight excluding hydrogens is 144 g/mol. The predicted octanol–water partition coefficient (Wildman–Crippen LogP) is 1.14. The first kappa shape index (κ1) is 10.2. The quantitative estimate of drug-likeness (QED) is 0.316. The van der Waals surface area contributed by atoms with Gasteiger partial charge in [-0.15, -0.1) is 0 Å². The SMILES string of the molecule is CCOCCC=COCC=O. The van der Waals surface area contributed by atoms with Gasteiger partial charge in [0.1, 0.15) is 6.61 Å². The van der Waals surface area contributed by atoms with Gasteiger partial charge in [-0.25, -0.2) is 0 Å². The molecule has 0 spiro atoms. The normalized spacial score (nSPS) is 10.3. The lowest BCUT2D eigenvalue weighted by Gasteiger charge is -1.95. The van der Waals surface area contributed by atoms with Gasteiger partial charge < -0.3 is 9.47 Å². The Balaban J connectivity index is 2.97. The Morgan fingerprint density at radius 1 is 1.45 bits per heavy atom. The van der Waals surface area contributed by atoms with Gasteiger partial charge >= 0.3 is 0 Å². The molecule has 0 N–H and O–H groups in total. The van der Waals surface area contributed by atoms with Gasteiger partial charge in [0.15, 0.2) is 6.29 Å². The van der Waals surface area contributed by atoms with Crippen molar-refractivity contribution in [3.63, 3.8) is 0 Å². The lowest BCUT2D eigenvalue weighted by molar-refractivity contribution is -0.110. The molecule has 0 aliphatic heterocycles. The number of rotatable bonds is 7. The van der Waals surface area contributed by atoms with E-state index in [4.69, 9.17) is 9.47 Å². The second kappa shape index (κ2) is 9.17. The van der Waals surface area contributed by atoms with E-state index in [0.717, 1.165) is 13.0 Å². The molecule has 3 nitrogen and oxygen atoms in total. The summed E-state index contributed by atoms with van der Waals surface area (Å²) in [6.45, 7) is 3.53. The van der Waals surface area contributed by atoms with Crippen molar-refractivity contribution in [2.75, 3.05) is 19.8 Å². The van der Waals surface area contributed by atoms with Gasteiger partial charge in [-0.1, -0.05) is 0 Å². The van der Waals surface area contributed by atoms with Crippen molar-refractivity contribution >= 4 is 6.29 Å². The van der Waals surface area contributed by atoms with Gasteiger partial charge in [0.05, 0.1) is 12.9 Å². The summed E-state index contributed by atoms with van der Waals surface area (Å²) in [4.78, 5) is 9.76. The summed E-state index contributed by atoms with van der Waals surface area (Å²) in [5.41, 5.74) is 0. The monoisotopic (exact) mass is 158 g/mol. The van der Waals surface area contributed by atoms with E-state index < -0.39 is 0 Å². The first-order valence-corrected chi connectivity index (χ1v) is 3.69. The van der Waals surface area contributed by atoms with Crippen LogP contribution in [0.5, 0.6) is 0 Å². The highest BCUT2D eigenvalue weighted by molar-refractivity contribution is 5.50. The molecule has 0 saturated carbocycles. The molecule has 0 aliphatic carbocycles. The van der Waals surface area contributed by atoms with Crippen LogP contribution in [0.25, 0.3) is 0 Å². The van der Waals surface area contributed by atoms with Crippen LogP contribution in [-0.4, -0.2) is 26.1 Å². The van der Waals surface area contributed by atoms with Crippen LogP contribution >= 0.6 is 0 Å². The third-order valence-corrected chi connectivity index (χ3v) is 0.990. The lowest BCUT2D eigenvalue weighted by Crippen LogP contribution is -1.91. The van der Waals surface area contributed by atoms with E-state index in [2.05, 4.69) is 0 Å². The second-order valence-corrected chi connectivity index (χ2v) is 1.86. The van der Waals surface area contributed by atoms with Crippen LogP contribution in [0, 0.1) is 0 Å². The molecule has 11 heavy (non-hydrogen) atoms. The lowest BCUT2D eigenvalue weighted by atomic mass is 10.4. The highest BCUT2D eigenvalue weighted by Gasteiger charge is 1.80. The fourth-order valence-electron chi connectivity index (χ4n) is 0.527. The predicted molar refractivity (Wildman–Crippen MR) is 42.3 cm³/mol. The summed E-state index contributed by atoms with van der Waals surface area (Å²) >= 11 is 0. The average molecular weight is 158 g/mol. The zero-order valence-electron chi connectivity index (χ0n) is 6.79. The van der Waals surface area contributed by atoms with Gasteiger partial charge in [0.2, 0.25) is 0 Å². The molecule has 0 aromatic carbocycles. The van der Waals surface area contributed by atoms with Crippen LogP contribution in [0.15, 0.2) is 12.3 Å². The van der Waals surface area contributed by atoms with Gasteiger partial charge in [-0.05, 0) is 19.4 Å². The van der Waals surface area contributed by atoms with Crippen LogP contribution in [-0.2, 0) is 14.3 Å². The number of carbonyl (C=O) groups is 1. The Labute approximate surface area is 67.0 Å². The molecule has 0 saturated heterocycles. The van der Waals surface area contributed by atoms with E-state index in [-0.39, 0.29) is 6.61 Å². The molecule has 64 valence electrons. The number of aldehydes is 1. The maximum Gasteiger partial charge on any atom is 0.157 e. The summed E-state index contributed by atoms with van der Waals surface area (Å²) in [6.07, 6.45) is 4.90. The Morgan fingerprint density at radius 2 is 2.27 bits per heavy atom. The van der Waals surface area contributed by atoms with Crippen LogP contribution in [0.4, 0.5) is 0 Å². The largest absolute Gasteiger partial charge is 0.494 e. The third-order valence-electron chi connectivity index (χ3n) is 0.990. The molecule has 0 rings (SSSR count). The molecule has 3 heteroatoms. The summed E-state index contributed by atoms with van der Waals surface area (Å²) in [5.74, 6) is 0. The van der Waals surface area contributed by atoms with Gasteiger partial charge in [-0.2, -0.15) is 0 Å². The third kappa shape index (κ3) is 9.17. The minimum absolute atomic E-state index is 0.130. The standard InChI is InChI=1S/C8H14O3/c1-2-10-6-3-4-7-11-8-5-9/h4-5,7H,2-3,6,8H2,1H3. The smallest absolute Gasteiger partial charge is 0.157 e. The molecule has 0 bridgehead atoms. The minimum atomic E-state index is 0.130. The van der Waals surface area contributed by atoms with Crippen LogP contribution in [0.1, 0.15) is 13.3 Å². The first-order valence-electron chi connectivity index (χ1n) is 3.69. The van der Waals surface area contributed by atoms with Crippen molar-refractivity contribution in [1.82, 2.24) is 0 Å². The Kier molecular flexibility index (Phi) is 8.48. The van der Waals surface area contributed by atoms with Crippen LogP contribution < -0.4 is 0 Å². The van der Waals surface area contributed by atoms with Crippen LogP contribution in [0.2, 0.25) is 0 Å².